The molecule has 0 radical (unpaired) electrons. The van der Waals surface area contributed by atoms with E-state index >= 15 is 0 Å². The van der Waals surface area contributed by atoms with Crippen LogP contribution < -0.4 is 11.1 Å². The largest absolute Gasteiger partial charge is 0.399 e. The first-order valence-corrected chi connectivity index (χ1v) is 6.80. The van der Waals surface area contributed by atoms with Crippen LogP contribution in [0, 0.1) is 18.2 Å². The summed E-state index contributed by atoms with van der Waals surface area (Å²) in [5.41, 5.74) is 6.60. The molecule has 1 aliphatic rings. The van der Waals surface area contributed by atoms with Gasteiger partial charge in [-0.1, -0.05) is 0 Å². The predicted octanol–water partition coefficient (Wildman–Crippen LogP) is 2.26. The molecule has 0 aliphatic heterocycles. The van der Waals surface area contributed by atoms with Gasteiger partial charge in [-0.15, -0.1) is 0 Å². The Balaban J connectivity index is 1.99. The first-order chi connectivity index (χ1) is 9.47. The van der Waals surface area contributed by atoms with Crippen LogP contribution in [-0.2, 0) is 4.74 Å². The van der Waals surface area contributed by atoms with Crippen molar-refractivity contribution in [1.29, 1.82) is 0 Å². The number of aryl methyl sites for hydroxylation is 1. The molecule has 0 aromatic heterocycles. The summed E-state index contributed by atoms with van der Waals surface area (Å²) < 4.78 is 19.0. The molecule has 4 nitrogen and oxygen atoms in total. The molecule has 1 fully saturated rings. The molecular weight excluding hydrogens is 259 g/mol. The van der Waals surface area contributed by atoms with Crippen molar-refractivity contribution >= 4 is 11.6 Å². The number of methoxy groups -OCH3 is 1. The molecular formula is C15H21FN2O2. The molecule has 1 amide bonds. The van der Waals surface area contributed by atoms with Crippen LogP contribution in [0.25, 0.3) is 0 Å². The second-order valence-electron chi connectivity index (χ2n) is 5.62. The lowest BCUT2D eigenvalue weighted by Gasteiger charge is -2.16. The number of nitrogens with two attached hydrogens (primary N) is 1. The number of carbonyl (C=O) groups excluding carboxylic acids is 1. The van der Waals surface area contributed by atoms with E-state index in [4.69, 9.17) is 10.5 Å². The molecule has 1 aromatic rings. The lowest BCUT2D eigenvalue weighted by Crippen LogP contribution is -2.31. The average molecular weight is 280 g/mol. The summed E-state index contributed by atoms with van der Waals surface area (Å²) in [6.07, 6.45) is 3.08. The first-order valence-electron chi connectivity index (χ1n) is 6.80. The maximum Gasteiger partial charge on any atom is 0.254 e. The van der Waals surface area contributed by atoms with Crippen molar-refractivity contribution in [3.63, 3.8) is 0 Å². The van der Waals surface area contributed by atoms with Crippen LogP contribution in [0.2, 0.25) is 0 Å². The lowest BCUT2D eigenvalue weighted by molar-refractivity contribution is 0.0933. The Morgan fingerprint density at radius 3 is 2.80 bits per heavy atom. The summed E-state index contributed by atoms with van der Waals surface area (Å²) >= 11 is 0. The second-order valence-corrected chi connectivity index (χ2v) is 5.62. The molecule has 2 rings (SSSR count). The third-order valence-electron chi connectivity index (χ3n) is 3.94. The van der Waals surface area contributed by atoms with Crippen molar-refractivity contribution in [3.05, 3.63) is 29.1 Å². The molecule has 1 aromatic carbocycles. The van der Waals surface area contributed by atoms with Gasteiger partial charge < -0.3 is 15.8 Å². The lowest BCUT2D eigenvalue weighted by atomic mass is 10.0. The number of benzene rings is 1. The van der Waals surface area contributed by atoms with Gasteiger partial charge in [0.05, 0.1) is 5.56 Å². The molecule has 20 heavy (non-hydrogen) atoms. The van der Waals surface area contributed by atoms with Crippen molar-refractivity contribution in [1.82, 2.24) is 5.32 Å². The van der Waals surface area contributed by atoms with E-state index < -0.39 is 11.7 Å². The van der Waals surface area contributed by atoms with E-state index in [1.807, 2.05) is 0 Å². The van der Waals surface area contributed by atoms with Crippen LogP contribution in [0.4, 0.5) is 10.1 Å². The number of nitrogen functional groups attached to an aromatic ring is 1. The molecule has 0 saturated heterocycles. The summed E-state index contributed by atoms with van der Waals surface area (Å²) in [7, 11) is 1.67. The maximum atomic E-state index is 13.9. The second kappa shape index (κ2) is 5.79. The molecule has 1 aliphatic carbocycles. The van der Waals surface area contributed by atoms with E-state index in [9.17, 15) is 9.18 Å². The zero-order valence-corrected chi connectivity index (χ0v) is 12.0. The maximum absolute atomic E-state index is 13.9. The third kappa shape index (κ3) is 3.28. The third-order valence-corrected chi connectivity index (χ3v) is 3.94. The van der Waals surface area contributed by atoms with Crippen molar-refractivity contribution in [3.8, 4) is 0 Å². The monoisotopic (exact) mass is 280 g/mol. The normalized spacial score (nSPS) is 15.9. The highest BCUT2D eigenvalue weighted by Crippen LogP contribution is 2.48. The van der Waals surface area contributed by atoms with E-state index in [2.05, 4.69) is 5.32 Å². The first kappa shape index (κ1) is 14.8. The van der Waals surface area contributed by atoms with Gasteiger partial charge in [-0.05, 0) is 49.3 Å². The zero-order chi connectivity index (χ0) is 14.8. The minimum absolute atomic E-state index is 0.0186. The fourth-order valence-corrected chi connectivity index (χ4v) is 2.34. The molecule has 0 unspecified atom stereocenters. The molecule has 5 heteroatoms. The van der Waals surface area contributed by atoms with Gasteiger partial charge in [0.15, 0.2) is 0 Å². The Hall–Kier alpha value is -1.62. The van der Waals surface area contributed by atoms with Gasteiger partial charge in [0.1, 0.15) is 5.82 Å². The van der Waals surface area contributed by atoms with Gasteiger partial charge >= 0.3 is 0 Å². The van der Waals surface area contributed by atoms with Crippen LogP contribution in [0.3, 0.4) is 0 Å². The van der Waals surface area contributed by atoms with Gasteiger partial charge in [-0.3, -0.25) is 4.79 Å². The highest BCUT2D eigenvalue weighted by molar-refractivity contribution is 5.95. The fraction of sp³-hybridized carbons (Fsp3) is 0.533. The smallest absolute Gasteiger partial charge is 0.254 e. The van der Waals surface area contributed by atoms with Gasteiger partial charge in [-0.25, -0.2) is 4.39 Å². The van der Waals surface area contributed by atoms with Crippen LogP contribution in [0.15, 0.2) is 12.1 Å². The van der Waals surface area contributed by atoms with E-state index in [1.54, 1.807) is 14.0 Å². The van der Waals surface area contributed by atoms with Crippen molar-refractivity contribution in [2.45, 2.75) is 26.2 Å². The van der Waals surface area contributed by atoms with Crippen LogP contribution in [-0.4, -0.2) is 26.2 Å². The van der Waals surface area contributed by atoms with Gasteiger partial charge in [0, 0.05) is 25.9 Å². The van der Waals surface area contributed by atoms with E-state index in [-0.39, 0.29) is 11.0 Å². The molecule has 0 atom stereocenters. The number of hydrogen-bond acceptors (Lipinski definition) is 3. The number of nitrogens with one attached hydrogen (secondary N) is 1. The van der Waals surface area contributed by atoms with Crippen molar-refractivity contribution in [2.24, 2.45) is 5.41 Å². The standard InChI is InChI=1S/C15H21FN2O2/c1-10-7-11(17)8-12(13(10)16)14(19)18-9-15(3-4-15)5-6-20-2/h7-8H,3-6,9,17H2,1-2H3,(H,18,19). The predicted molar refractivity (Wildman–Crippen MR) is 76.0 cm³/mol. The number of halogens is 1. The Morgan fingerprint density at radius 1 is 1.50 bits per heavy atom. The Kier molecular flexibility index (Phi) is 4.28. The topological polar surface area (TPSA) is 64.3 Å². The highest BCUT2D eigenvalue weighted by Gasteiger charge is 2.42. The zero-order valence-electron chi connectivity index (χ0n) is 12.0. The van der Waals surface area contributed by atoms with Crippen LogP contribution >= 0.6 is 0 Å². The summed E-state index contributed by atoms with van der Waals surface area (Å²) in [5.74, 6) is -0.903. The fourth-order valence-electron chi connectivity index (χ4n) is 2.34. The van der Waals surface area contributed by atoms with Crippen LogP contribution in [0.1, 0.15) is 35.2 Å². The SMILES string of the molecule is COCCC1(CNC(=O)c2cc(N)cc(C)c2F)CC1. The van der Waals surface area contributed by atoms with Gasteiger partial charge in [0.25, 0.3) is 5.91 Å². The van der Waals surface area contributed by atoms with Crippen molar-refractivity contribution < 1.29 is 13.9 Å². The van der Waals surface area contributed by atoms with E-state index in [1.165, 1.54) is 12.1 Å². The highest BCUT2D eigenvalue weighted by atomic mass is 19.1. The summed E-state index contributed by atoms with van der Waals surface area (Å²) in [4.78, 5) is 12.1. The van der Waals surface area contributed by atoms with Gasteiger partial charge in [-0.2, -0.15) is 0 Å². The number of ether oxygens (including phenoxy) is 1. The van der Waals surface area contributed by atoms with E-state index in [0.717, 1.165) is 19.3 Å². The number of anilines is 1. The molecule has 0 bridgehead atoms. The number of amides is 1. The number of rotatable bonds is 6. The van der Waals surface area contributed by atoms with Gasteiger partial charge in [0.2, 0.25) is 0 Å². The Morgan fingerprint density at radius 2 is 2.20 bits per heavy atom. The molecule has 3 N–H and O–H groups in total. The summed E-state index contributed by atoms with van der Waals surface area (Å²) in [5, 5.41) is 2.82. The number of carbonyl (C=O) groups is 1. The molecule has 0 spiro atoms. The summed E-state index contributed by atoms with van der Waals surface area (Å²) in [6, 6.07) is 2.90. The van der Waals surface area contributed by atoms with Crippen LogP contribution in [0.5, 0.6) is 0 Å². The average Bonchev–Trinajstić information content (AvgIpc) is 3.18. The minimum atomic E-state index is -0.501. The molecule has 0 heterocycles. The summed E-state index contributed by atoms with van der Waals surface area (Å²) in [6.45, 7) is 2.84. The molecule has 1 saturated carbocycles. The molecule has 110 valence electrons. The van der Waals surface area contributed by atoms with E-state index in [0.29, 0.717) is 24.4 Å². The Labute approximate surface area is 118 Å². The quantitative estimate of drug-likeness (QED) is 0.786. The van der Waals surface area contributed by atoms with Crippen molar-refractivity contribution in [2.75, 3.05) is 26.0 Å². The Bertz CT molecular complexity index is 513. The minimum Gasteiger partial charge on any atom is -0.399 e. The number of hydrogen-bond donors (Lipinski definition) is 2.